The van der Waals surface area contributed by atoms with E-state index in [2.05, 4.69) is 26.2 Å². The van der Waals surface area contributed by atoms with Crippen LogP contribution in [0.1, 0.15) is 0 Å². The molecule has 4 nitrogen and oxygen atoms in total. The van der Waals surface area contributed by atoms with E-state index in [0.29, 0.717) is 0 Å². The summed E-state index contributed by atoms with van der Waals surface area (Å²) in [7, 11) is 0. The van der Waals surface area contributed by atoms with Crippen LogP contribution in [0.15, 0.2) is 53.1 Å². The molecular formula is C18H15BrF2N2O2. The standard InChI is InChI=1S/C18H15BrF2N2O2/c19-11-1-3-14-17(5-6-22-18(14)7-11)23-9-12(24)10-25-13-2-4-15(20)16(21)8-13/h1-8,12,24H,9-10H2,(H,22,23). The fourth-order valence-electron chi connectivity index (χ4n) is 2.32. The Morgan fingerprint density at radius 2 is 1.96 bits per heavy atom. The lowest BCUT2D eigenvalue weighted by atomic mass is 10.2. The van der Waals surface area contributed by atoms with Gasteiger partial charge in [0.25, 0.3) is 0 Å². The van der Waals surface area contributed by atoms with E-state index in [1.54, 1.807) is 6.20 Å². The van der Waals surface area contributed by atoms with Crippen LogP contribution >= 0.6 is 15.9 Å². The molecule has 25 heavy (non-hydrogen) atoms. The molecule has 0 saturated carbocycles. The summed E-state index contributed by atoms with van der Waals surface area (Å²) in [5, 5.41) is 14.1. The van der Waals surface area contributed by atoms with E-state index in [-0.39, 0.29) is 18.9 Å². The molecule has 1 unspecified atom stereocenters. The number of nitrogens with one attached hydrogen (secondary N) is 1. The summed E-state index contributed by atoms with van der Waals surface area (Å²) in [5.74, 6) is -1.76. The van der Waals surface area contributed by atoms with E-state index < -0.39 is 17.7 Å². The highest BCUT2D eigenvalue weighted by atomic mass is 79.9. The van der Waals surface area contributed by atoms with Crippen molar-refractivity contribution in [2.24, 2.45) is 0 Å². The van der Waals surface area contributed by atoms with E-state index >= 15 is 0 Å². The molecule has 0 amide bonds. The molecule has 1 aromatic heterocycles. The molecule has 1 atom stereocenters. The van der Waals surface area contributed by atoms with Gasteiger partial charge in [-0.15, -0.1) is 0 Å². The number of anilines is 1. The van der Waals surface area contributed by atoms with Crippen molar-refractivity contribution in [1.29, 1.82) is 0 Å². The second kappa shape index (κ2) is 7.76. The molecule has 0 aliphatic rings. The Labute approximate surface area is 151 Å². The van der Waals surface area contributed by atoms with Crippen molar-refractivity contribution in [1.82, 2.24) is 4.98 Å². The highest BCUT2D eigenvalue weighted by Gasteiger charge is 2.09. The van der Waals surface area contributed by atoms with Crippen LogP contribution in [-0.2, 0) is 0 Å². The van der Waals surface area contributed by atoms with Gasteiger partial charge in [-0.05, 0) is 36.4 Å². The van der Waals surface area contributed by atoms with Gasteiger partial charge in [0.15, 0.2) is 11.6 Å². The van der Waals surface area contributed by atoms with Crippen molar-refractivity contribution < 1.29 is 18.6 Å². The number of aromatic nitrogens is 1. The number of hydrogen-bond donors (Lipinski definition) is 2. The van der Waals surface area contributed by atoms with E-state index in [1.807, 2.05) is 24.3 Å². The SMILES string of the molecule is OC(CNc1ccnc2cc(Br)ccc12)COc1ccc(F)c(F)c1. The van der Waals surface area contributed by atoms with Gasteiger partial charge >= 0.3 is 0 Å². The molecule has 3 rings (SSSR count). The second-order valence-corrected chi connectivity index (χ2v) is 6.36. The van der Waals surface area contributed by atoms with Gasteiger partial charge in [-0.2, -0.15) is 0 Å². The van der Waals surface area contributed by atoms with Crippen LogP contribution in [-0.4, -0.2) is 29.3 Å². The zero-order valence-corrected chi connectivity index (χ0v) is 14.6. The summed E-state index contributed by atoms with van der Waals surface area (Å²) in [4.78, 5) is 4.30. The number of aliphatic hydroxyl groups is 1. The van der Waals surface area contributed by atoms with Crippen molar-refractivity contribution in [3.8, 4) is 5.75 Å². The molecule has 2 N–H and O–H groups in total. The minimum absolute atomic E-state index is 0.0490. The summed E-state index contributed by atoms with van der Waals surface area (Å²) in [6, 6.07) is 10.8. The smallest absolute Gasteiger partial charge is 0.162 e. The number of halogens is 3. The van der Waals surface area contributed by atoms with E-state index in [0.717, 1.165) is 33.2 Å². The molecule has 7 heteroatoms. The molecule has 0 saturated heterocycles. The predicted molar refractivity (Wildman–Crippen MR) is 95.8 cm³/mol. The third-order valence-corrected chi connectivity index (χ3v) is 4.06. The average molecular weight is 409 g/mol. The lowest BCUT2D eigenvalue weighted by Crippen LogP contribution is -2.26. The topological polar surface area (TPSA) is 54.4 Å². The first-order valence-electron chi connectivity index (χ1n) is 7.57. The lowest BCUT2D eigenvalue weighted by molar-refractivity contribution is 0.117. The predicted octanol–water partition coefficient (Wildman–Crippen LogP) is 4.13. The Morgan fingerprint density at radius 1 is 1.12 bits per heavy atom. The third-order valence-electron chi connectivity index (χ3n) is 3.57. The van der Waals surface area contributed by atoms with Gasteiger partial charge in [0, 0.05) is 34.4 Å². The minimum atomic E-state index is -0.987. The molecule has 0 aliphatic heterocycles. The summed E-state index contributed by atoms with van der Waals surface area (Å²) in [6.45, 7) is 0.186. The summed E-state index contributed by atoms with van der Waals surface area (Å²) < 4.78 is 32.2. The van der Waals surface area contributed by atoms with Crippen molar-refractivity contribution in [2.45, 2.75) is 6.10 Å². The summed E-state index contributed by atoms with van der Waals surface area (Å²) >= 11 is 3.40. The van der Waals surface area contributed by atoms with Gasteiger partial charge in [-0.3, -0.25) is 4.98 Å². The van der Waals surface area contributed by atoms with Gasteiger partial charge in [0.2, 0.25) is 0 Å². The van der Waals surface area contributed by atoms with Crippen LogP contribution in [0.25, 0.3) is 10.9 Å². The summed E-state index contributed by atoms with van der Waals surface area (Å²) in [5.41, 5.74) is 1.66. The molecule has 130 valence electrons. The van der Waals surface area contributed by atoms with E-state index in [9.17, 15) is 13.9 Å². The Morgan fingerprint density at radius 3 is 2.76 bits per heavy atom. The monoisotopic (exact) mass is 408 g/mol. The maximum absolute atomic E-state index is 13.1. The Hall–Kier alpha value is -2.25. The van der Waals surface area contributed by atoms with Crippen molar-refractivity contribution in [2.75, 3.05) is 18.5 Å². The Bertz CT molecular complexity index is 892. The van der Waals surface area contributed by atoms with Crippen LogP contribution in [0, 0.1) is 11.6 Å². The van der Waals surface area contributed by atoms with Crippen LogP contribution < -0.4 is 10.1 Å². The fraction of sp³-hybridized carbons (Fsp3) is 0.167. The lowest BCUT2D eigenvalue weighted by Gasteiger charge is -2.15. The number of fused-ring (bicyclic) bond motifs is 1. The van der Waals surface area contributed by atoms with Crippen LogP contribution in [0.2, 0.25) is 0 Å². The molecule has 1 heterocycles. The first kappa shape index (κ1) is 17.6. The summed E-state index contributed by atoms with van der Waals surface area (Å²) in [6.07, 6.45) is 0.855. The Balaban J connectivity index is 1.59. The van der Waals surface area contributed by atoms with Crippen molar-refractivity contribution >= 4 is 32.5 Å². The van der Waals surface area contributed by atoms with E-state index in [1.165, 1.54) is 6.07 Å². The molecular weight excluding hydrogens is 394 g/mol. The van der Waals surface area contributed by atoms with Crippen molar-refractivity contribution in [3.05, 3.63) is 64.8 Å². The maximum atomic E-state index is 13.1. The molecule has 0 bridgehead atoms. The second-order valence-electron chi connectivity index (χ2n) is 5.44. The zero-order valence-electron chi connectivity index (χ0n) is 13.0. The number of nitrogens with zero attached hydrogens (tertiary/aromatic N) is 1. The molecule has 0 spiro atoms. The van der Waals surface area contributed by atoms with Crippen molar-refractivity contribution in [3.63, 3.8) is 0 Å². The number of hydrogen-bond acceptors (Lipinski definition) is 4. The van der Waals surface area contributed by atoms with Crippen LogP contribution in [0.5, 0.6) is 5.75 Å². The van der Waals surface area contributed by atoms with Gasteiger partial charge in [0.05, 0.1) is 5.52 Å². The number of aliphatic hydroxyl groups excluding tert-OH is 1. The molecule has 0 radical (unpaired) electrons. The largest absolute Gasteiger partial charge is 0.491 e. The maximum Gasteiger partial charge on any atom is 0.162 e. The van der Waals surface area contributed by atoms with Gasteiger partial charge in [-0.25, -0.2) is 8.78 Å². The van der Waals surface area contributed by atoms with Crippen LogP contribution in [0.4, 0.5) is 14.5 Å². The van der Waals surface area contributed by atoms with Gasteiger partial charge < -0.3 is 15.2 Å². The number of pyridine rings is 1. The highest BCUT2D eigenvalue weighted by molar-refractivity contribution is 9.10. The number of ether oxygens (including phenoxy) is 1. The quantitative estimate of drug-likeness (QED) is 0.643. The third kappa shape index (κ3) is 4.43. The minimum Gasteiger partial charge on any atom is -0.491 e. The molecule has 3 aromatic rings. The van der Waals surface area contributed by atoms with Gasteiger partial charge in [0.1, 0.15) is 18.5 Å². The normalized spacial score (nSPS) is 12.2. The highest BCUT2D eigenvalue weighted by Crippen LogP contribution is 2.24. The Kier molecular flexibility index (Phi) is 5.45. The molecule has 2 aromatic carbocycles. The number of benzene rings is 2. The first-order valence-corrected chi connectivity index (χ1v) is 8.36. The van der Waals surface area contributed by atoms with E-state index in [4.69, 9.17) is 4.74 Å². The van der Waals surface area contributed by atoms with Crippen LogP contribution in [0.3, 0.4) is 0 Å². The van der Waals surface area contributed by atoms with Gasteiger partial charge in [-0.1, -0.05) is 15.9 Å². The number of rotatable bonds is 6. The average Bonchev–Trinajstić information content (AvgIpc) is 2.60. The molecule has 0 aliphatic carbocycles. The zero-order chi connectivity index (χ0) is 17.8. The fourth-order valence-corrected chi connectivity index (χ4v) is 2.67. The first-order chi connectivity index (χ1) is 12.0. The molecule has 0 fully saturated rings.